The van der Waals surface area contributed by atoms with Gasteiger partial charge in [0, 0.05) is 6.42 Å². The van der Waals surface area contributed by atoms with Crippen LogP contribution < -0.4 is 5.32 Å². The SMILES string of the molecule is FC1(Cc2ccco2)CCCNCC1. The van der Waals surface area contributed by atoms with Crippen molar-refractivity contribution in [3.8, 4) is 0 Å². The van der Waals surface area contributed by atoms with E-state index in [1.165, 1.54) is 0 Å². The van der Waals surface area contributed by atoms with Crippen LogP contribution in [0.1, 0.15) is 25.0 Å². The lowest BCUT2D eigenvalue weighted by atomic mass is 9.92. The molecule has 2 rings (SSSR count). The number of hydrogen-bond acceptors (Lipinski definition) is 2. The second kappa shape index (κ2) is 4.13. The minimum absolute atomic E-state index is 0.418. The second-order valence-electron chi connectivity index (χ2n) is 4.01. The Bertz CT molecular complexity index is 263. The second-order valence-corrected chi connectivity index (χ2v) is 4.01. The predicted octanol–water partition coefficient (Wildman–Crippen LogP) is 2.30. The molecule has 0 aliphatic carbocycles. The minimum Gasteiger partial charge on any atom is -0.469 e. The molecule has 1 aliphatic rings. The summed E-state index contributed by atoms with van der Waals surface area (Å²) in [4.78, 5) is 0. The zero-order valence-corrected chi connectivity index (χ0v) is 8.26. The van der Waals surface area contributed by atoms with Crippen LogP contribution in [0.25, 0.3) is 0 Å². The Morgan fingerprint density at radius 1 is 1.43 bits per heavy atom. The highest BCUT2D eigenvalue weighted by molar-refractivity contribution is 5.03. The number of hydrogen-bond donors (Lipinski definition) is 1. The van der Waals surface area contributed by atoms with Gasteiger partial charge >= 0.3 is 0 Å². The van der Waals surface area contributed by atoms with E-state index in [-0.39, 0.29) is 0 Å². The van der Waals surface area contributed by atoms with E-state index in [2.05, 4.69) is 5.32 Å². The van der Waals surface area contributed by atoms with Gasteiger partial charge in [-0.15, -0.1) is 0 Å². The van der Waals surface area contributed by atoms with Gasteiger partial charge in [0.15, 0.2) is 0 Å². The molecule has 1 N–H and O–H groups in total. The molecule has 0 aromatic carbocycles. The van der Waals surface area contributed by atoms with E-state index < -0.39 is 5.67 Å². The van der Waals surface area contributed by atoms with Gasteiger partial charge in [0.25, 0.3) is 0 Å². The van der Waals surface area contributed by atoms with Crippen LogP contribution in [0.3, 0.4) is 0 Å². The lowest BCUT2D eigenvalue weighted by Gasteiger charge is -2.21. The molecular formula is C11H16FNO. The van der Waals surface area contributed by atoms with Crippen LogP contribution in [-0.4, -0.2) is 18.8 Å². The van der Waals surface area contributed by atoms with Crippen LogP contribution in [0.2, 0.25) is 0 Å². The van der Waals surface area contributed by atoms with Gasteiger partial charge in [0.2, 0.25) is 0 Å². The van der Waals surface area contributed by atoms with Crippen LogP contribution in [0.5, 0.6) is 0 Å². The third-order valence-electron chi connectivity index (χ3n) is 2.80. The fraction of sp³-hybridized carbons (Fsp3) is 0.636. The van der Waals surface area contributed by atoms with E-state index in [4.69, 9.17) is 4.42 Å². The first kappa shape index (κ1) is 9.71. The zero-order chi connectivity index (χ0) is 9.86. The van der Waals surface area contributed by atoms with Crippen LogP contribution >= 0.6 is 0 Å². The van der Waals surface area contributed by atoms with Crippen LogP contribution in [0.4, 0.5) is 4.39 Å². The normalized spacial score (nSPS) is 28.6. The first-order valence-electron chi connectivity index (χ1n) is 5.21. The van der Waals surface area contributed by atoms with E-state index in [1.54, 1.807) is 6.26 Å². The summed E-state index contributed by atoms with van der Waals surface area (Å²) in [6.07, 6.45) is 4.17. The molecule has 1 aromatic heterocycles. The molecule has 0 spiro atoms. The number of nitrogens with one attached hydrogen (secondary N) is 1. The molecule has 1 atom stereocenters. The van der Waals surface area contributed by atoms with Crippen molar-refractivity contribution in [2.45, 2.75) is 31.4 Å². The lowest BCUT2D eigenvalue weighted by Crippen LogP contribution is -2.27. The molecule has 2 heterocycles. The average molecular weight is 197 g/mol. The van der Waals surface area contributed by atoms with Gasteiger partial charge in [-0.2, -0.15) is 0 Å². The largest absolute Gasteiger partial charge is 0.469 e. The van der Waals surface area contributed by atoms with Gasteiger partial charge in [-0.3, -0.25) is 0 Å². The Balaban J connectivity index is 1.99. The van der Waals surface area contributed by atoms with Crippen molar-refractivity contribution in [1.29, 1.82) is 0 Å². The van der Waals surface area contributed by atoms with Crippen molar-refractivity contribution >= 4 is 0 Å². The molecule has 3 heteroatoms. The first-order chi connectivity index (χ1) is 6.79. The molecule has 0 radical (unpaired) electrons. The summed E-state index contributed by atoms with van der Waals surface area (Å²) in [6, 6.07) is 3.66. The quantitative estimate of drug-likeness (QED) is 0.787. The van der Waals surface area contributed by atoms with E-state index in [9.17, 15) is 4.39 Å². The van der Waals surface area contributed by atoms with Gasteiger partial charge in [-0.25, -0.2) is 4.39 Å². The molecule has 0 saturated carbocycles. The molecule has 1 saturated heterocycles. The van der Waals surface area contributed by atoms with Crippen molar-refractivity contribution in [3.05, 3.63) is 24.2 Å². The van der Waals surface area contributed by atoms with Crippen LogP contribution in [0.15, 0.2) is 22.8 Å². The van der Waals surface area contributed by atoms with Gasteiger partial charge in [0.05, 0.1) is 6.26 Å². The molecule has 0 bridgehead atoms. The molecule has 1 unspecified atom stereocenters. The third-order valence-corrected chi connectivity index (χ3v) is 2.80. The fourth-order valence-electron chi connectivity index (χ4n) is 1.99. The van der Waals surface area contributed by atoms with Gasteiger partial charge in [-0.05, 0) is 44.5 Å². The van der Waals surface area contributed by atoms with Crippen molar-refractivity contribution in [2.75, 3.05) is 13.1 Å². The van der Waals surface area contributed by atoms with Crippen molar-refractivity contribution < 1.29 is 8.81 Å². The molecular weight excluding hydrogens is 181 g/mol. The Kier molecular flexibility index (Phi) is 2.87. The lowest BCUT2D eigenvalue weighted by molar-refractivity contribution is 0.136. The molecule has 14 heavy (non-hydrogen) atoms. The highest BCUT2D eigenvalue weighted by Crippen LogP contribution is 2.28. The van der Waals surface area contributed by atoms with E-state index >= 15 is 0 Å². The van der Waals surface area contributed by atoms with E-state index in [0.29, 0.717) is 19.3 Å². The maximum absolute atomic E-state index is 14.3. The highest BCUT2D eigenvalue weighted by Gasteiger charge is 2.31. The fourth-order valence-corrected chi connectivity index (χ4v) is 1.99. The van der Waals surface area contributed by atoms with Gasteiger partial charge < -0.3 is 9.73 Å². The Morgan fingerprint density at radius 3 is 3.14 bits per heavy atom. The maximum atomic E-state index is 14.3. The average Bonchev–Trinajstić information content (AvgIpc) is 2.55. The van der Waals surface area contributed by atoms with E-state index in [1.807, 2.05) is 12.1 Å². The molecule has 2 nitrogen and oxygen atoms in total. The van der Waals surface area contributed by atoms with Crippen molar-refractivity contribution in [3.63, 3.8) is 0 Å². The Labute approximate surface area is 83.5 Å². The smallest absolute Gasteiger partial charge is 0.119 e. The molecule has 1 aromatic rings. The third kappa shape index (κ3) is 2.35. The topological polar surface area (TPSA) is 25.2 Å². The minimum atomic E-state index is -1.07. The summed E-state index contributed by atoms with van der Waals surface area (Å²) in [5.41, 5.74) is -1.07. The van der Waals surface area contributed by atoms with Crippen LogP contribution in [-0.2, 0) is 6.42 Å². The summed E-state index contributed by atoms with van der Waals surface area (Å²) < 4.78 is 19.5. The maximum Gasteiger partial charge on any atom is 0.119 e. The highest BCUT2D eigenvalue weighted by atomic mass is 19.1. The Hall–Kier alpha value is -0.830. The molecule has 1 fully saturated rings. The number of halogens is 1. The number of alkyl halides is 1. The summed E-state index contributed by atoms with van der Waals surface area (Å²) in [7, 11) is 0. The van der Waals surface area contributed by atoms with Crippen LogP contribution in [0, 0.1) is 0 Å². The molecule has 78 valence electrons. The summed E-state index contributed by atoms with van der Waals surface area (Å²) >= 11 is 0. The monoisotopic (exact) mass is 197 g/mol. The van der Waals surface area contributed by atoms with E-state index in [0.717, 1.165) is 25.3 Å². The number of rotatable bonds is 2. The Morgan fingerprint density at radius 2 is 2.36 bits per heavy atom. The summed E-state index contributed by atoms with van der Waals surface area (Å²) in [5.74, 6) is 0.759. The predicted molar refractivity (Wildman–Crippen MR) is 53.0 cm³/mol. The van der Waals surface area contributed by atoms with Crippen molar-refractivity contribution in [2.24, 2.45) is 0 Å². The standard InChI is InChI=1S/C11H16FNO/c12-11(4-2-6-13-7-5-11)9-10-3-1-8-14-10/h1,3,8,13H,2,4-7,9H2. The summed E-state index contributed by atoms with van der Waals surface area (Å²) in [6.45, 7) is 1.71. The molecule has 1 aliphatic heterocycles. The van der Waals surface area contributed by atoms with Gasteiger partial charge in [-0.1, -0.05) is 0 Å². The zero-order valence-electron chi connectivity index (χ0n) is 8.26. The summed E-state index contributed by atoms with van der Waals surface area (Å²) in [5, 5.41) is 3.21. The number of furan rings is 1. The van der Waals surface area contributed by atoms with Gasteiger partial charge in [0.1, 0.15) is 11.4 Å². The van der Waals surface area contributed by atoms with Crippen molar-refractivity contribution in [1.82, 2.24) is 5.32 Å². The molecule has 0 amide bonds. The first-order valence-corrected chi connectivity index (χ1v) is 5.21.